The third-order valence-electron chi connectivity index (χ3n) is 2.10. The molecule has 2 unspecified atom stereocenters. The zero-order chi connectivity index (χ0) is 8.85. The summed E-state index contributed by atoms with van der Waals surface area (Å²) in [6.45, 7) is 6.63. The van der Waals surface area contributed by atoms with E-state index in [9.17, 15) is 4.79 Å². The molecule has 0 fully saturated rings. The largest absolute Gasteiger partial charge is 0.369 e. The Labute approximate surface area is 68.3 Å². The molecular weight excluding hydrogens is 140 g/mol. The highest BCUT2D eigenvalue weighted by Crippen LogP contribution is 2.05. The van der Waals surface area contributed by atoms with Gasteiger partial charge in [-0.2, -0.15) is 0 Å². The molecule has 0 saturated heterocycles. The SMILES string of the molecule is CCC(C)C(C)NCC(N)=O. The van der Waals surface area contributed by atoms with E-state index >= 15 is 0 Å². The summed E-state index contributed by atoms with van der Waals surface area (Å²) in [4.78, 5) is 10.4. The van der Waals surface area contributed by atoms with Crippen LogP contribution >= 0.6 is 0 Å². The Hall–Kier alpha value is -0.570. The van der Waals surface area contributed by atoms with Crippen molar-refractivity contribution in [3.8, 4) is 0 Å². The number of nitrogens with two attached hydrogens (primary N) is 1. The molecule has 3 heteroatoms. The van der Waals surface area contributed by atoms with Crippen LogP contribution in [0.1, 0.15) is 27.2 Å². The molecule has 0 aromatic rings. The average Bonchev–Trinajstić information content (AvgIpc) is 1.98. The first-order chi connectivity index (χ1) is 5.07. The Morgan fingerprint density at radius 1 is 1.55 bits per heavy atom. The summed E-state index contributed by atoms with van der Waals surface area (Å²) in [6.07, 6.45) is 1.12. The minimum Gasteiger partial charge on any atom is -0.369 e. The van der Waals surface area contributed by atoms with Crippen LogP contribution in [0.15, 0.2) is 0 Å². The lowest BCUT2D eigenvalue weighted by molar-refractivity contribution is -0.117. The quantitative estimate of drug-likeness (QED) is 0.612. The van der Waals surface area contributed by atoms with Crippen LogP contribution in [0.3, 0.4) is 0 Å². The van der Waals surface area contributed by atoms with Gasteiger partial charge in [0.15, 0.2) is 0 Å². The van der Waals surface area contributed by atoms with Gasteiger partial charge in [0.2, 0.25) is 5.91 Å². The van der Waals surface area contributed by atoms with Crippen molar-refractivity contribution in [1.29, 1.82) is 0 Å². The molecule has 0 aliphatic rings. The predicted octanol–water partition coefficient (Wildman–Crippen LogP) is 0.496. The number of nitrogens with one attached hydrogen (secondary N) is 1. The lowest BCUT2D eigenvalue weighted by Crippen LogP contribution is -2.38. The fourth-order valence-electron chi connectivity index (χ4n) is 0.816. The van der Waals surface area contributed by atoms with Gasteiger partial charge in [0.1, 0.15) is 0 Å². The molecule has 0 radical (unpaired) electrons. The first kappa shape index (κ1) is 10.4. The maximum absolute atomic E-state index is 10.4. The second-order valence-corrected chi connectivity index (χ2v) is 3.02. The summed E-state index contributed by atoms with van der Waals surface area (Å²) in [7, 11) is 0. The standard InChI is InChI=1S/C8H18N2O/c1-4-6(2)7(3)10-5-8(9)11/h6-7,10H,4-5H2,1-3H3,(H2,9,11). The van der Waals surface area contributed by atoms with Crippen molar-refractivity contribution in [3.63, 3.8) is 0 Å². The maximum Gasteiger partial charge on any atom is 0.231 e. The number of hydrogen-bond donors (Lipinski definition) is 2. The summed E-state index contributed by atoms with van der Waals surface area (Å²) >= 11 is 0. The van der Waals surface area contributed by atoms with Crippen molar-refractivity contribution in [1.82, 2.24) is 5.32 Å². The number of carbonyl (C=O) groups excluding carboxylic acids is 1. The summed E-state index contributed by atoms with van der Waals surface area (Å²) < 4.78 is 0. The number of rotatable bonds is 5. The number of carbonyl (C=O) groups is 1. The Bertz CT molecular complexity index is 125. The molecule has 0 aromatic heterocycles. The van der Waals surface area contributed by atoms with E-state index in [1.165, 1.54) is 0 Å². The molecule has 0 aromatic carbocycles. The molecule has 0 aliphatic heterocycles. The monoisotopic (exact) mass is 158 g/mol. The average molecular weight is 158 g/mol. The molecule has 0 bridgehead atoms. The Balaban J connectivity index is 3.51. The smallest absolute Gasteiger partial charge is 0.231 e. The Kier molecular flexibility index (Phi) is 4.86. The summed E-state index contributed by atoms with van der Waals surface area (Å²) in [5, 5.41) is 3.06. The highest BCUT2D eigenvalue weighted by molar-refractivity contribution is 5.75. The minimum atomic E-state index is -0.292. The lowest BCUT2D eigenvalue weighted by atomic mass is 10.0. The van der Waals surface area contributed by atoms with E-state index in [1.54, 1.807) is 0 Å². The number of hydrogen-bond acceptors (Lipinski definition) is 2. The number of primary amides is 1. The van der Waals surface area contributed by atoms with Crippen molar-refractivity contribution < 1.29 is 4.79 Å². The minimum absolute atomic E-state index is 0.283. The topological polar surface area (TPSA) is 55.1 Å². The zero-order valence-electron chi connectivity index (χ0n) is 7.55. The van der Waals surface area contributed by atoms with Crippen LogP contribution in [0.25, 0.3) is 0 Å². The van der Waals surface area contributed by atoms with Crippen LogP contribution < -0.4 is 11.1 Å². The first-order valence-electron chi connectivity index (χ1n) is 4.09. The zero-order valence-corrected chi connectivity index (χ0v) is 7.55. The fourth-order valence-corrected chi connectivity index (χ4v) is 0.816. The van der Waals surface area contributed by atoms with Gasteiger partial charge >= 0.3 is 0 Å². The van der Waals surface area contributed by atoms with E-state index in [0.29, 0.717) is 12.0 Å². The van der Waals surface area contributed by atoms with E-state index in [4.69, 9.17) is 5.73 Å². The summed E-state index contributed by atoms with van der Waals surface area (Å²) in [6, 6.07) is 0.368. The Morgan fingerprint density at radius 3 is 2.45 bits per heavy atom. The van der Waals surface area contributed by atoms with Gasteiger partial charge in [-0.3, -0.25) is 4.79 Å². The van der Waals surface area contributed by atoms with Gasteiger partial charge in [-0.15, -0.1) is 0 Å². The van der Waals surface area contributed by atoms with Crippen molar-refractivity contribution in [2.45, 2.75) is 33.2 Å². The molecule has 0 saturated carbocycles. The summed E-state index contributed by atoms with van der Waals surface area (Å²) in [5.41, 5.74) is 4.98. The molecule has 0 aliphatic carbocycles. The van der Waals surface area contributed by atoms with Crippen LogP contribution in [0, 0.1) is 5.92 Å². The van der Waals surface area contributed by atoms with E-state index in [0.717, 1.165) is 6.42 Å². The van der Waals surface area contributed by atoms with Crippen LogP contribution in [-0.4, -0.2) is 18.5 Å². The van der Waals surface area contributed by atoms with Crippen molar-refractivity contribution >= 4 is 5.91 Å². The second-order valence-electron chi connectivity index (χ2n) is 3.02. The molecule has 66 valence electrons. The molecule has 0 spiro atoms. The molecule has 0 heterocycles. The van der Waals surface area contributed by atoms with Crippen molar-refractivity contribution in [3.05, 3.63) is 0 Å². The van der Waals surface area contributed by atoms with E-state index in [1.807, 2.05) is 0 Å². The van der Waals surface area contributed by atoms with Gasteiger partial charge in [0.05, 0.1) is 6.54 Å². The maximum atomic E-state index is 10.4. The van der Waals surface area contributed by atoms with Crippen LogP contribution in [0.2, 0.25) is 0 Å². The van der Waals surface area contributed by atoms with E-state index in [2.05, 4.69) is 26.1 Å². The van der Waals surface area contributed by atoms with Gasteiger partial charge in [-0.25, -0.2) is 0 Å². The van der Waals surface area contributed by atoms with E-state index in [-0.39, 0.29) is 12.5 Å². The third-order valence-corrected chi connectivity index (χ3v) is 2.10. The third kappa shape index (κ3) is 4.79. The van der Waals surface area contributed by atoms with Gasteiger partial charge in [0.25, 0.3) is 0 Å². The summed E-state index contributed by atoms with van der Waals surface area (Å²) in [5.74, 6) is 0.300. The highest BCUT2D eigenvalue weighted by atomic mass is 16.1. The molecule has 1 amide bonds. The molecule has 3 nitrogen and oxygen atoms in total. The van der Waals surface area contributed by atoms with Crippen LogP contribution in [0.5, 0.6) is 0 Å². The van der Waals surface area contributed by atoms with Gasteiger partial charge < -0.3 is 11.1 Å². The first-order valence-corrected chi connectivity index (χ1v) is 4.09. The van der Waals surface area contributed by atoms with Crippen molar-refractivity contribution in [2.75, 3.05) is 6.54 Å². The fraction of sp³-hybridized carbons (Fsp3) is 0.875. The van der Waals surface area contributed by atoms with Gasteiger partial charge in [-0.1, -0.05) is 20.3 Å². The number of amides is 1. The molecule has 11 heavy (non-hydrogen) atoms. The lowest BCUT2D eigenvalue weighted by Gasteiger charge is -2.18. The predicted molar refractivity (Wildman–Crippen MR) is 46.1 cm³/mol. The Morgan fingerprint density at radius 2 is 2.09 bits per heavy atom. The van der Waals surface area contributed by atoms with Gasteiger partial charge in [-0.05, 0) is 12.8 Å². The van der Waals surface area contributed by atoms with Gasteiger partial charge in [0, 0.05) is 6.04 Å². The molecule has 0 rings (SSSR count). The van der Waals surface area contributed by atoms with Crippen LogP contribution in [-0.2, 0) is 4.79 Å². The normalized spacial score (nSPS) is 15.9. The molecule has 2 atom stereocenters. The molecular formula is C8H18N2O. The highest BCUT2D eigenvalue weighted by Gasteiger charge is 2.09. The van der Waals surface area contributed by atoms with Crippen LogP contribution in [0.4, 0.5) is 0 Å². The second kappa shape index (κ2) is 5.13. The molecule has 3 N–H and O–H groups in total. The van der Waals surface area contributed by atoms with Crippen molar-refractivity contribution in [2.24, 2.45) is 11.7 Å². The van der Waals surface area contributed by atoms with E-state index < -0.39 is 0 Å².